The highest BCUT2D eigenvalue weighted by Crippen LogP contribution is 2.11. The molecule has 0 saturated heterocycles. The van der Waals surface area contributed by atoms with E-state index in [0.29, 0.717) is 0 Å². The number of nitrogens with one attached hydrogen (secondary N) is 2. The van der Waals surface area contributed by atoms with Crippen molar-refractivity contribution in [1.82, 2.24) is 10.6 Å². The van der Waals surface area contributed by atoms with Crippen LogP contribution < -0.4 is 10.6 Å². The van der Waals surface area contributed by atoms with E-state index in [1.807, 2.05) is 37.3 Å². The number of amides is 2. The van der Waals surface area contributed by atoms with Crippen molar-refractivity contribution < 1.29 is 24.3 Å². The van der Waals surface area contributed by atoms with Crippen LogP contribution in [0.1, 0.15) is 51.1 Å². The summed E-state index contributed by atoms with van der Waals surface area (Å²) in [7, 11) is 0. The molecule has 7 nitrogen and oxygen atoms in total. The van der Waals surface area contributed by atoms with Crippen LogP contribution in [0, 0.1) is 0 Å². The molecular weight excluding hydrogens is 324 g/mol. The lowest BCUT2D eigenvalue weighted by Gasteiger charge is -2.15. The van der Waals surface area contributed by atoms with Crippen LogP contribution in [0.25, 0.3) is 0 Å². The fourth-order valence-corrected chi connectivity index (χ4v) is 2.24. The molecule has 0 radical (unpaired) electrons. The Morgan fingerprint density at radius 1 is 0.960 bits per heavy atom. The number of benzene rings is 1. The first-order chi connectivity index (χ1) is 11.8. The number of carbonyl (C=O) groups excluding carboxylic acids is 3. The fourth-order valence-electron chi connectivity index (χ4n) is 2.24. The molecule has 0 heterocycles. The normalized spacial score (nSPS) is 12.7. The molecule has 0 aromatic heterocycles. The Morgan fingerprint density at radius 2 is 1.52 bits per heavy atom. The summed E-state index contributed by atoms with van der Waals surface area (Å²) in [6.45, 7) is 3.20. The van der Waals surface area contributed by atoms with Crippen molar-refractivity contribution in [3.8, 4) is 0 Å². The lowest BCUT2D eigenvalue weighted by Crippen LogP contribution is -2.41. The highest BCUT2D eigenvalue weighted by Gasteiger charge is 2.20. The molecule has 1 aromatic rings. The maximum absolute atomic E-state index is 11.9. The monoisotopic (exact) mass is 348 g/mol. The SMILES string of the molecule is CC(=O)CC[C@H](NC(=O)CCC(=O)N[C@H](C)c1ccccc1)C(=O)O. The van der Waals surface area contributed by atoms with Crippen LogP contribution in [0.15, 0.2) is 30.3 Å². The van der Waals surface area contributed by atoms with E-state index < -0.39 is 17.9 Å². The van der Waals surface area contributed by atoms with Gasteiger partial charge in [0.1, 0.15) is 11.8 Å². The van der Waals surface area contributed by atoms with Gasteiger partial charge in [0.25, 0.3) is 0 Å². The number of hydrogen-bond acceptors (Lipinski definition) is 4. The lowest BCUT2D eigenvalue weighted by molar-refractivity contribution is -0.142. The van der Waals surface area contributed by atoms with Crippen LogP contribution in [0.4, 0.5) is 0 Å². The van der Waals surface area contributed by atoms with E-state index in [2.05, 4.69) is 10.6 Å². The van der Waals surface area contributed by atoms with Gasteiger partial charge in [-0.1, -0.05) is 30.3 Å². The zero-order chi connectivity index (χ0) is 18.8. The first kappa shape index (κ1) is 20.3. The van der Waals surface area contributed by atoms with Gasteiger partial charge in [0.15, 0.2) is 0 Å². The number of carboxylic acid groups (broad SMARTS) is 1. The average molecular weight is 348 g/mol. The Bertz CT molecular complexity index is 615. The van der Waals surface area contributed by atoms with E-state index in [4.69, 9.17) is 5.11 Å². The van der Waals surface area contributed by atoms with Gasteiger partial charge < -0.3 is 20.5 Å². The Hall–Kier alpha value is -2.70. The van der Waals surface area contributed by atoms with E-state index in [1.165, 1.54) is 6.92 Å². The summed E-state index contributed by atoms with van der Waals surface area (Å²) in [6.07, 6.45) is -0.0424. The quantitative estimate of drug-likeness (QED) is 0.594. The minimum Gasteiger partial charge on any atom is -0.480 e. The van der Waals surface area contributed by atoms with E-state index in [9.17, 15) is 19.2 Å². The Morgan fingerprint density at radius 3 is 2.04 bits per heavy atom. The molecule has 0 aliphatic carbocycles. The predicted octanol–water partition coefficient (Wildman–Crippen LogP) is 1.58. The molecule has 2 amide bonds. The molecule has 0 aliphatic heterocycles. The molecule has 7 heteroatoms. The molecule has 0 bridgehead atoms. The number of hydrogen-bond donors (Lipinski definition) is 3. The standard InChI is InChI=1S/C18H24N2O5/c1-12(21)8-9-15(18(24)25)20-17(23)11-10-16(22)19-13(2)14-6-4-3-5-7-14/h3-7,13,15H,8-11H2,1-2H3,(H,19,22)(H,20,23)(H,24,25)/t13-,15+/m1/s1. The lowest BCUT2D eigenvalue weighted by atomic mass is 10.1. The van der Waals surface area contributed by atoms with E-state index in [-0.39, 0.29) is 43.4 Å². The van der Waals surface area contributed by atoms with Crippen molar-refractivity contribution in [1.29, 1.82) is 0 Å². The van der Waals surface area contributed by atoms with Gasteiger partial charge in [0.2, 0.25) is 11.8 Å². The van der Waals surface area contributed by atoms with Gasteiger partial charge in [-0.2, -0.15) is 0 Å². The number of rotatable bonds is 10. The van der Waals surface area contributed by atoms with Crippen molar-refractivity contribution in [3.05, 3.63) is 35.9 Å². The van der Waals surface area contributed by atoms with E-state index in [0.717, 1.165) is 5.56 Å². The van der Waals surface area contributed by atoms with E-state index >= 15 is 0 Å². The topological polar surface area (TPSA) is 113 Å². The van der Waals surface area contributed by atoms with Crippen molar-refractivity contribution in [2.75, 3.05) is 0 Å². The zero-order valence-corrected chi connectivity index (χ0v) is 14.5. The van der Waals surface area contributed by atoms with Crippen molar-refractivity contribution in [3.63, 3.8) is 0 Å². The van der Waals surface area contributed by atoms with Crippen LogP contribution in [-0.2, 0) is 19.2 Å². The summed E-state index contributed by atoms with van der Waals surface area (Å²) in [5, 5.41) is 14.2. The minimum atomic E-state index is -1.20. The Kier molecular flexibility index (Phi) is 8.32. The molecule has 1 rings (SSSR count). The van der Waals surface area contributed by atoms with Crippen LogP contribution in [-0.4, -0.2) is 34.7 Å². The molecule has 0 unspecified atom stereocenters. The summed E-state index contributed by atoms with van der Waals surface area (Å²) in [4.78, 5) is 45.8. The molecule has 25 heavy (non-hydrogen) atoms. The molecular formula is C18H24N2O5. The molecule has 0 aliphatic rings. The largest absolute Gasteiger partial charge is 0.480 e. The van der Waals surface area contributed by atoms with Gasteiger partial charge in [0, 0.05) is 19.3 Å². The predicted molar refractivity (Wildman–Crippen MR) is 91.7 cm³/mol. The maximum Gasteiger partial charge on any atom is 0.326 e. The Balaban J connectivity index is 2.40. The van der Waals surface area contributed by atoms with Crippen molar-refractivity contribution in [2.45, 2.75) is 51.6 Å². The molecule has 136 valence electrons. The zero-order valence-electron chi connectivity index (χ0n) is 14.5. The summed E-state index contributed by atoms with van der Waals surface area (Å²) in [5.74, 6) is -2.16. The Labute approximate surface area is 146 Å². The molecule has 0 saturated carbocycles. The number of carbonyl (C=O) groups is 4. The summed E-state index contributed by atoms with van der Waals surface area (Å²) in [5.41, 5.74) is 0.954. The molecule has 0 spiro atoms. The second-order valence-electron chi connectivity index (χ2n) is 5.90. The van der Waals surface area contributed by atoms with Gasteiger partial charge in [-0.05, 0) is 25.8 Å². The van der Waals surface area contributed by atoms with Gasteiger partial charge in [0.05, 0.1) is 6.04 Å². The third kappa shape index (κ3) is 8.10. The van der Waals surface area contributed by atoms with E-state index in [1.54, 1.807) is 0 Å². The van der Waals surface area contributed by atoms with Crippen molar-refractivity contribution in [2.24, 2.45) is 0 Å². The van der Waals surface area contributed by atoms with Crippen LogP contribution in [0.2, 0.25) is 0 Å². The number of carboxylic acids is 1. The highest BCUT2D eigenvalue weighted by atomic mass is 16.4. The molecule has 0 fully saturated rings. The van der Waals surface area contributed by atoms with Gasteiger partial charge in [-0.25, -0.2) is 4.79 Å². The van der Waals surface area contributed by atoms with Gasteiger partial charge in [-0.3, -0.25) is 9.59 Å². The maximum atomic E-state index is 11.9. The van der Waals surface area contributed by atoms with Crippen LogP contribution >= 0.6 is 0 Å². The van der Waals surface area contributed by atoms with Gasteiger partial charge >= 0.3 is 5.97 Å². The number of ketones is 1. The van der Waals surface area contributed by atoms with Crippen LogP contribution in [0.3, 0.4) is 0 Å². The van der Waals surface area contributed by atoms with Crippen molar-refractivity contribution >= 4 is 23.6 Å². The first-order valence-electron chi connectivity index (χ1n) is 8.15. The molecule has 3 N–H and O–H groups in total. The third-order valence-corrected chi connectivity index (χ3v) is 3.67. The smallest absolute Gasteiger partial charge is 0.326 e. The second kappa shape index (κ2) is 10.2. The molecule has 1 aromatic carbocycles. The minimum absolute atomic E-state index is 0.0354. The fraction of sp³-hybridized carbons (Fsp3) is 0.444. The van der Waals surface area contributed by atoms with Gasteiger partial charge in [-0.15, -0.1) is 0 Å². The second-order valence-corrected chi connectivity index (χ2v) is 5.90. The number of Topliss-reactive ketones (excluding diaryl/α,β-unsaturated/α-hetero) is 1. The summed E-state index contributed by atoms with van der Waals surface area (Å²) in [6, 6.07) is 8.11. The average Bonchev–Trinajstić information content (AvgIpc) is 2.57. The molecule has 2 atom stereocenters. The summed E-state index contributed by atoms with van der Waals surface area (Å²) >= 11 is 0. The first-order valence-corrected chi connectivity index (χ1v) is 8.15. The van der Waals surface area contributed by atoms with Crippen LogP contribution in [0.5, 0.6) is 0 Å². The third-order valence-electron chi connectivity index (χ3n) is 3.67. The highest BCUT2D eigenvalue weighted by molar-refractivity contribution is 5.87. The summed E-state index contributed by atoms with van der Waals surface area (Å²) < 4.78 is 0. The number of aliphatic carboxylic acids is 1.